The minimum atomic E-state index is -0.387. The molecule has 0 bridgehead atoms. The summed E-state index contributed by atoms with van der Waals surface area (Å²) in [6, 6.07) is 21.1. The van der Waals surface area contributed by atoms with E-state index in [1.807, 2.05) is 24.3 Å². The van der Waals surface area contributed by atoms with Crippen LogP contribution in [0.5, 0.6) is 5.75 Å². The van der Waals surface area contributed by atoms with Crippen molar-refractivity contribution >= 4 is 0 Å². The maximum atomic E-state index is 9.83. The van der Waals surface area contributed by atoms with Crippen molar-refractivity contribution in [3.05, 3.63) is 65.7 Å². The van der Waals surface area contributed by atoms with E-state index in [-0.39, 0.29) is 5.41 Å². The normalized spacial score (nSPS) is 17.4. The van der Waals surface area contributed by atoms with Crippen molar-refractivity contribution in [2.24, 2.45) is 0 Å². The third-order valence-electron chi connectivity index (χ3n) is 4.79. The Balaban J connectivity index is 1.71. The van der Waals surface area contributed by atoms with Gasteiger partial charge >= 0.3 is 0 Å². The van der Waals surface area contributed by atoms with E-state index in [9.17, 15) is 5.26 Å². The summed E-state index contributed by atoms with van der Waals surface area (Å²) in [5, 5.41) is 9.83. The van der Waals surface area contributed by atoms with Crippen LogP contribution < -0.4 is 4.74 Å². The number of hydrogen-bond donors (Lipinski definition) is 0. The van der Waals surface area contributed by atoms with Crippen molar-refractivity contribution in [1.29, 1.82) is 5.26 Å². The van der Waals surface area contributed by atoms with Gasteiger partial charge in [-0.15, -0.1) is 0 Å². The standard InChI is InChI=1S/C20H22N2O/c1-23-19-9-5-8-18(14-19)20(16-21)10-12-22(13-11-20)15-17-6-3-2-4-7-17/h2-9,14H,10-13,15H2,1H3. The number of likely N-dealkylation sites (tertiary alicyclic amines) is 1. The van der Waals surface area contributed by atoms with Gasteiger partial charge < -0.3 is 4.74 Å². The Morgan fingerprint density at radius 1 is 1.09 bits per heavy atom. The van der Waals surface area contributed by atoms with Crippen LogP contribution in [0, 0.1) is 11.3 Å². The fraction of sp³-hybridized carbons (Fsp3) is 0.350. The van der Waals surface area contributed by atoms with Crippen LogP contribution in [0.15, 0.2) is 54.6 Å². The molecular formula is C20H22N2O. The molecule has 0 amide bonds. The third kappa shape index (κ3) is 3.38. The van der Waals surface area contributed by atoms with Crippen molar-refractivity contribution in [3.63, 3.8) is 0 Å². The van der Waals surface area contributed by atoms with Crippen LogP contribution in [0.4, 0.5) is 0 Å². The molecule has 1 aliphatic heterocycles. The number of hydrogen-bond acceptors (Lipinski definition) is 3. The zero-order chi connectivity index (χ0) is 16.1. The lowest BCUT2D eigenvalue weighted by molar-refractivity contribution is 0.179. The Morgan fingerprint density at radius 2 is 1.83 bits per heavy atom. The molecule has 3 nitrogen and oxygen atoms in total. The van der Waals surface area contributed by atoms with Gasteiger partial charge in [-0.25, -0.2) is 0 Å². The van der Waals surface area contributed by atoms with Crippen LogP contribution in [-0.2, 0) is 12.0 Å². The van der Waals surface area contributed by atoms with E-state index in [2.05, 4.69) is 41.3 Å². The number of nitriles is 1. The van der Waals surface area contributed by atoms with Gasteiger partial charge in [0.05, 0.1) is 18.6 Å². The van der Waals surface area contributed by atoms with E-state index in [0.717, 1.165) is 43.8 Å². The first kappa shape index (κ1) is 15.6. The summed E-state index contributed by atoms with van der Waals surface area (Å²) in [6.07, 6.45) is 1.73. The summed E-state index contributed by atoms with van der Waals surface area (Å²) < 4.78 is 5.32. The van der Waals surface area contributed by atoms with E-state index in [1.165, 1.54) is 5.56 Å². The molecule has 0 atom stereocenters. The van der Waals surface area contributed by atoms with Crippen LogP contribution in [0.3, 0.4) is 0 Å². The van der Waals surface area contributed by atoms with Gasteiger partial charge in [0.1, 0.15) is 5.75 Å². The molecule has 0 radical (unpaired) electrons. The molecule has 2 aromatic carbocycles. The Kier molecular flexibility index (Phi) is 4.64. The molecule has 1 saturated heterocycles. The number of benzene rings is 2. The first-order chi connectivity index (χ1) is 11.3. The van der Waals surface area contributed by atoms with E-state index < -0.39 is 0 Å². The quantitative estimate of drug-likeness (QED) is 0.863. The lowest BCUT2D eigenvalue weighted by atomic mass is 9.74. The molecule has 3 rings (SSSR count). The van der Waals surface area contributed by atoms with E-state index >= 15 is 0 Å². The number of piperidine rings is 1. The highest BCUT2D eigenvalue weighted by Crippen LogP contribution is 2.36. The molecule has 0 spiro atoms. The number of nitrogens with zero attached hydrogens (tertiary/aromatic N) is 2. The van der Waals surface area contributed by atoms with Crippen LogP contribution in [0.1, 0.15) is 24.0 Å². The Labute approximate surface area is 138 Å². The predicted octanol–water partition coefficient (Wildman–Crippen LogP) is 3.75. The van der Waals surface area contributed by atoms with Gasteiger partial charge in [0, 0.05) is 19.6 Å². The fourth-order valence-corrected chi connectivity index (χ4v) is 3.32. The molecule has 1 fully saturated rings. The Bertz CT molecular complexity index is 682. The Morgan fingerprint density at radius 3 is 2.48 bits per heavy atom. The molecule has 118 valence electrons. The molecule has 3 heteroatoms. The zero-order valence-corrected chi connectivity index (χ0v) is 13.5. The van der Waals surface area contributed by atoms with E-state index in [1.54, 1.807) is 7.11 Å². The molecule has 1 heterocycles. The molecule has 0 unspecified atom stereocenters. The first-order valence-electron chi connectivity index (χ1n) is 8.08. The smallest absolute Gasteiger partial charge is 0.119 e. The number of rotatable bonds is 4. The van der Waals surface area contributed by atoms with Crippen molar-refractivity contribution < 1.29 is 4.74 Å². The lowest BCUT2D eigenvalue weighted by Gasteiger charge is -2.37. The highest BCUT2D eigenvalue weighted by atomic mass is 16.5. The molecule has 2 aromatic rings. The second-order valence-electron chi connectivity index (χ2n) is 6.19. The van der Waals surface area contributed by atoms with Gasteiger partial charge in [0.25, 0.3) is 0 Å². The zero-order valence-electron chi connectivity index (χ0n) is 13.5. The van der Waals surface area contributed by atoms with Crippen LogP contribution in [0.2, 0.25) is 0 Å². The largest absolute Gasteiger partial charge is 0.497 e. The van der Waals surface area contributed by atoms with Gasteiger partial charge in [-0.2, -0.15) is 5.26 Å². The minimum absolute atomic E-state index is 0.387. The van der Waals surface area contributed by atoms with Crippen molar-refractivity contribution in [3.8, 4) is 11.8 Å². The highest BCUT2D eigenvalue weighted by molar-refractivity contribution is 5.38. The van der Waals surface area contributed by atoms with Crippen molar-refractivity contribution in [1.82, 2.24) is 4.90 Å². The minimum Gasteiger partial charge on any atom is -0.497 e. The second kappa shape index (κ2) is 6.85. The van der Waals surface area contributed by atoms with Crippen LogP contribution in [0.25, 0.3) is 0 Å². The molecule has 0 N–H and O–H groups in total. The third-order valence-corrected chi connectivity index (χ3v) is 4.79. The van der Waals surface area contributed by atoms with Gasteiger partial charge in [-0.05, 0) is 36.1 Å². The summed E-state index contributed by atoms with van der Waals surface area (Å²) in [5.74, 6) is 0.823. The van der Waals surface area contributed by atoms with Crippen molar-refractivity contribution in [2.45, 2.75) is 24.8 Å². The lowest BCUT2D eigenvalue weighted by Crippen LogP contribution is -2.41. The average Bonchev–Trinajstić information content (AvgIpc) is 2.63. The fourth-order valence-electron chi connectivity index (χ4n) is 3.32. The summed E-state index contributed by atoms with van der Waals surface area (Å²) in [6.45, 7) is 2.85. The topological polar surface area (TPSA) is 36.3 Å². The molecule has 23 heavy (non-hydrogen) atoms. The maximum absolute atomic E-state index is 9.83. The average molecular weight is 306 g/mol. The predicted molar refractivity (Wildman–Crippen MR) is 91.2 cm³/mol. The summed E-state index contributed by atoms with van der Waals surface area (Å²) in [7, 11) is 1.67. The molecule has 0 aromatic heterocycles. The van der Waals surface area contributed by atoms with Gasteiger partial charge in [0.2, 0.25) is 0 Å². The van der Waals surface area contributed by atoms with Gasteiger partial charge in [-0.3, -0.25) is 4.90 Å². The summed E-state index contributed by atoms with van der Waals surface area (Å²) in [5.41, 5.74) is 2.03. The summed E-state index contributed by atoms with van der Waals surface area (Å²) in [4.78, 5) is 2.44. The monoisotopic (exact) mass is 306 g/mol. The number of methoxy groups -OCH3 is 1. The van der Waals surface area contributed by atoms with Crippen LogP contribution >= 0.6 is 0 Å². The second-order valence-corrected chi connectivity index (χ2v) is 6.19. The van der Waals surface area contributed by atoms with E-state index in [4.69, 9.17) is 4.74 Å². The molecular weight excluding hydrogens is 284 g/mol. The number of ether oxygens (including phenoxy) is 1. The van der Waals surface area contributed by atoms with Gasteiger partial charge in [-0.1, -0.05) is 42.5 Å². The van der Waals surface area contributed by atoms with Crippen LogP contribution in [-0.4, -0.2) is 25.1 Å². The molecule has 0 saturated carbocycles. The highest BCUT2D eigenvalue weighted by Gasteiger charge is 2.36. The Hall–Kier alpha value is -2.31. The van der Waals surface area contributed by atoms with E-state index in [0.29, 0.717) is 0 Å². The molecule has 0 aliphatic carbocycles. The first-order valence-corrected chi connectivity index (χ1v) is 8.08. The van der Waals surface area contributed by atoms with Crippen molar-refractivity contribution in [2.75, 3.05) is 20.2 Å². The summed E-state index contributed by atoms with van der Waals surface area (Å²) >= 11 is 0. The van der Waals surface area contributed by atoms with Gasteiger partial charge in [0.15, 0.2) is 0 Å². The molecule has 1 aliphatic rings. The maximum Gasteiger partial charge on any atom is 0.119 e. The SMILES string of the molecule is COc1cccc(C2(C#N)CCN(Cc3ccccc3)CC2)c1.